The van der Waals surface area contributed by atoms with E-state index in [2.05, 4.69) is 0 Å². The highest BCUT2D eigenvalue weighted by Crippen LogP contribution is 2.39. The summed E-state index contributed by atoms with van der Waals surface area (Å²) in [6, 6.07) is 7.45. The van der Waals surface area contributed by atoms with Crippen LogP contribution in [-0.4, -0.2) is 6.04 Å². The van der Waals surface area contributed by atoms with Gasteiger partial charge in [-0.05, 0) is 43.2 Å². The van der Waals surface area contributed by atoms with E-state index < -0.39 is 11.7 Å². The number of nitrogens with zero attached hydrogens (tertiary/aromatic N) is 1. The average molecular weight is 296 g/mol. The monoisotopic (exact) mass is 296 g/mol. The zero-order valence-corrected chi connectivity index (χ0v) is 11.2. The summed E-state index contributed by atoms with van der Waals surface area (Å²) in [6.45, 7) is 0.507. The highest BCUT2D eigenvalue weighted by molar-refractivity contribution is 5.69. The highest BCUT2D eigenvalue weighted by Gasteiger charge is 2.34. The van der Waals surface area contributed by atoms with Crippen molar-refractivity contribution in [1.29, 1.82) is 0 Å². The van der Waals surface area contributed by atoms with E-state index >= 15 is 0 Å². The summed E-state index contributed by atoms with van der Waals surface area (Å²) in [4.78, 5) is 2.01. The Balaban J connectivity index is 1.89. The fraction of sp³-hybridized carbons (Fsp3) is 0.333. The molecule has 6 heteroatoms. The molecule has 0 spiro atoms. The first-order valence-corrected chi connectivity index (χ1v) is 6.71. The molecule has 0 aliphatic heterocycles. The zero-order valence-electron chi connectivity index (χ0n) is 11.2. The molecule has 3 rings (SSSR count). The summed E-state index contributed by atoms with van der Waals surface area (Å²) < 4.78 is 43.4. The molecule has 2 N–H and O–H groups in total. The molecular formula is C15H15F3N2O. The fourth-order valence-corrected chi connectivity index (χ4v) is 2.36. The number of nitrogens with two attached hydrogens (primary N) is 1. The molecule has 0 unspecified atom stereocenters. The van der Waals surface area contributed by atoms with Crippen molar-refractivity contribution in [3.8, 4) is 0 Å². The second kappa shape index (κ2) is 5.02. The Kier molecular flexibility index (Phi) is 3.31. The van der Waals surface area contributed by atoms with Gasteiger partial charge in [-0.1, -0.05) is 0 Å². The Bertz CT molecular complexity index is 618. The van der Waals surface area contributed by atoms with Gasteiger partial charge in [0, 0.05) is 6.04 Å². The first-order valence-electron chi connectivity index (χ1n) is 6.71. The maximum absolute atomic E-state index is 12.7. The Morgan fingerprint density at radius 1 is 1.24 bits per heavy atom. The molecule has 0 saturated heterocycles. The van der Waals surface area contributed by atoms with Gasteiger partial charge in [0.25, 0.3) is 0 Å². The minimum atomic E-state index is -4.38. The van der Waals surface area contributed by atoms with E-state index in [1.54, 1.807) is 12.3 Å². The van der Waals surface area contributed by atoms with Crippen LogP contribution in [0.5, 0.6) is 0 Å². The topological polar surface area (TPSA) is 42.4 Å². The molecule has 1 aromatic heterocycles. The minimum Gasteiger partial charge on any atom is -0.467 e. The van der Waals surface area contributed by atoms with Crippen molar-refractivity contribution in [2.24, 2.45) is 0 Å². The highest BCUT2D eigenvalue weighted by atomic mass is 19.4. The number of benzene rings is 1. The van der Waals surface area contributed by atoms with Crippen LogP contribution in [0.2, 0.25) is 0 Å². The molecule has 1 heterocycles. The van der Waals surface area contributed by atoms with Gasteiger partial charge in [0.2, 0.25) is 0 Å². The third-order valence-electron chi connectivity index (χ3n) is 3.56. The zero-order chi connectivity index (χ0) is 15.0. The molecule has 1 aliphatic rings. The lowest BCUT2D eigenvalue weighted by atomic mass is 10.1. The Morgan fingerprint density at radius 3 is 2.52 bits per heavy atom. The molecule has 1 aromatic carbocycles. The molecule has 0 atom stereocenters. The lowest BCUT2D eigenvalue weighted by molar-refractivity contribution is -0.137. The number of furan rings is 1. The van der Waals surface area contributed by atoms with Crippen molar-refractivity contribution in [3.63, 3.8) is 0 Å². The van der Waals surface area contributed by atoms with E-state index in [4.69, 9.17) is 10.2 Å². The molecule has 1 fully saturated rings. The van der Waals surface area contributed by atoms with Gasteiger partial charge in [0.15, 0.2) is 0 Å². The number of anilines is 2. The van der Waals surface area contributed by atoms with Crippen molar-refractivity contribution in [2.75, 3.05) is 10.6 Å². The summed E-state index contributed by atoms with van der Waals surface area (Å²) in [6.07, 6.45) is -0.767. The van der Waals surface area contributed by atoms with E-state index in [9.17, 15) is 13.2 Å². The number of alkyl halides is 3. The van der Waals surface area contributed by atoms with Gasteiger partial charge in [-0.2, -0.15) is 13.2 Å². The second-order valence-corrected chi connectivity index (χ2v) is 5.21. The summed E-state index contributed by atoms with van der Waals surface area (Å²) in [7, 11) is 0. The minimum absolute atomic E-state index is 0.142. The summed E-state index contributed by atoms with van der Waals surface area (Å²) in [5.74, 6) is 0.765. The quantitative estimate of drug-likeness (QED) is 0.865. The van der Waals surface area contributed by atoms with Crippen molar-refractivity contribution in [2.45, 2.75) is 31.6 Å². The average Bonchev–Trinajstić information content (AvgIpc) is 3.13. The van der Waals surface area contributed by atoms with Gasteiger partial charge in [-0.3, -0.25) is 0 Å². The normalized spacial score (nSPS) is 15.2. The van der Waals surface area contributed by atoms with E-state index in [1.807, 2.05) is 11.0 Å². The van der Waals surface area contributed by atoms with Crippen LogP contribution >= 0.6 is 0 Å². The third-order valence-corrected chi connectivity index (χ3v) is 3.56. The lowest BCUT2D eigenvalue weighted by Crippen LogP contribution is -2.26. The molecular weight excluding hydrogens is 281 g/mol. The van der Waals surface area contributed by atoms with Crippen molar-refractivity contribution >= 4 is 11.4 Å². The fourth-order valence-electron chi connectivity index (χ4n) is 2.36. The van der Waals surface area contributed by atoms with Crippen LogP contribution in [-0.2, 0) is 12.7 Å². The Labute approximate surface area is 120 Å². The van der Waals surface area contributed by atoms with Gasteiger partial charge in [-0.15, -0.1) is 0 Å². The van der Waals surface area contributed by atoms with E-state index in [0.717, 1.165) is 30.7 Å². The van der Waals surface area contributed by atoms with Crippen LogP contribution in [0.3, 0.4) is 0 Å². The summed E-state index contributed by atoms with van der Waals surface area (Å²) in [5, 5.41) is 0. The molecule has 1 aliphatic carbocycles. The maximum Gasteiger partial charge on any atom is 0.416 e. The van der Waals surface area contributed by atoms with Crippen LogP contribution in [0.15, 0.2) is 41.0 Å². The van der Waals surface area contributed by atoms with Gasteiger partial charge in [0.1, 0.15) is 5.76 Å². The molecule has 0 radical (unpaired) electrons. The second-order valence-electron chi connectivity index (χ2n) is 5.21. The van der Waals surface area contributed by atoms with E-state index in [0.29, 0.717) is 18.3 Å². The van der Waals surface area contributed by atoms with Crippen molar-refractivity contribution in [1.82, 2.24) is 0 Å². The predicted molar refractivity (Wildman–Crippen MR) is 73.8 cm³/mol. The molecule has 0 amide bonds. The number of rotatable bonds is 4. The number of hydrogen-bond acceptors (Lipinski definition) is 3. The van der Waals surface area contributed by atoms with Crippen LogP contribution in [0.25, 0.3) is 0 Å². The molecule has 3 nitrogen and oxygen atoms in total. The Hall–Kier alpha value is -2.11. The third kappa shape index (κ3) is 2.99. The standard InChI is InChI=1S/C15H15F3N2O/c16-15(17,18)10-3-6-14(13(19)8-10)20(11-4-5-11)9-12-2-1-7-21-12/h1-3,6-8,11H,4-5,9,19H2. The smallest absolute Gasteiger partial charge is 0.416 e. The summed E-state index contributed by atoms with van der Waals surface area (Å²) >= 11 is 0. The lowest BCUT2D eigenvalue weighted by Gasteiger charge is -2.25. The number of nitrogen functional groups attached to an aromatic ring is 1. The number of halogens is 3. The van der Waals surface area contributed by atoms with E-state index in [1.165, 1.54) is 6.07 Å². The SMILES string of the molecule is Nc1cc(C(F)(F)F)ccc1N(Cc1ccco1)C1CC1. The van der Waals surface area contributed by atoms with Gasteiger partial charge in [-0.25, -0.2) is 0 Å². The van der Waals surface area contributed by atoms with Gasteiger partial charge >= 0.3 is 6.18 Å². The largest absolute Gasteiger partial charge is 0.467 e. The maximum atomic E-state index is 12.7. The molecule has 112 valence electrons. The van der Waals surface area contributed by atoms with Crippen LogP contribution in [0, 0.1) is 0 Å². The first-order chi connectivity index (χ1) is 9.95. The molecule has 1 saturated carbocycles. The molecule has 0 bridgehead atoms. The summed E-state index contributed by atoms with van der Waals surface area (Å²) in [5.41, 5.74) is 5.89. The first kappa shape index (κ1) is 13.9. The van der Waals surface area contributed by atoms with Crippen LogP contribution in [0.4, 0.5) is 24.5 Å². The molecule has 2 aromatic rings. The van der Waals surface area contributed by atoms with Gasteiger partial charge in [0.05, 0.1) is 29.7 Å². The number of hydrogen-bond donors (Lipinski definition) is 1. The van der Waals surface area contributed by atoms with E-state index in [-0.39, 0.29) is 5.69 Å². The van der Waals surface area contributed by atoms with Crippen LogP contribution < -0.4 is 10.6 Å². The van der Waals surface area contributed by atoms with Crippen molar-refractivity contribution < 1.29 is 17.6 Å². The van der Waals surface area contributed by atoms with Crippen LogP contribution in [0.1, 0.15) is 24.2 Å². The van der Waals surface area contributed by atoms with Gasteiger partial charge < -0.3 is 15.1 Å². The Morgan fingerprint density at radius 2 is 2.00 bits per heavy atom. The predicted octanol–water partition coefficient (Wildman–Crippen LogP) is 4.05. The van der Waals surface area contributed by atoms with Crippen molar-refractivity contribution in [3.05, 3.63) is 47.9 Å². The molecule has 21 heavy (non-hydrogen) atoms.